The van der Waals surface area contributed by atoms with Crippen LogP contribution in [0.3, 0.4) is 0 Å². The standard InChI is InChI=1S/C11H12BrNO/c1-2-11(14)7-8-13-10-5-3-9(12)4-6-10/h3-8,13H,2H2,1H3/b8-7-. The highest BCUT2D eigenvalue weighted by atomic mass is 79.9. The van der Waals surface area contributed by atoms with Gasteiger partial charge in [-0.15, -0.1) is 0 Å². The van der Waals surface area contributed by atoms with E-state index >= 15 is 0 Å². The smallest absolute Gasteiger partial charge is 0.156 e. The lowest BCUT2D eigenvalue weighted by molar-refractivity contribution is -0.114. The molecule has 0 unspecified atom stereocenters. The number of hydrogen-bond donors (Lipinski definition) is 1. The second kappa shape index (κ2) is 5.60. The molecule has 74 valence electrons. The minimum absolute atomic E-state index is 0.120. The van der Waals surface area contributed by atoms with E-state index in [0.29, 0.717) is 6.42 Å². The molecule has 2 nitrogen and oxygen atoms in total. The summed E-state index contributed by atoms with van der Waals surface area (Å²) < 4.78 is 1.04. The highest BCUT2D eigenvalue weighted by Crippen LogP contribution is 2.13. The maximum absolute atomic E-state index is 10.9. The zero-order valence-electron chi connectivity index (χ0n) is 7.96. The van der Waals surface area contributed by atoms with E-state index in [1.165, 1.54) is 0 Å². The van der Waals surface area contributed by atoms with Gasteiger partial charge in [-0.3, -0.25) is 4.79 Å². The number of halogens is 1. The number of carbonyl (C=O) groups excluding carboxylic acids is 1. The Morgan fingerprint density at radius 3 is 2.64 bits per heavy atom. The molecule has 0 fully saturated rings. The Bertz CT molecular complexity index is 330. The minimum Gasteiger partial charge on any atom is -0.362 e. The van der Waals surface area contributed by atoms with Crippen molar-refractivity contribution >= 4 is 27.4 Å². The quantitative estimate of drug-likeness (QED) is 0.835. The van der Waals surface area contributed by atoms with Crippen molar-refractivity contribution in [3.8, 4) is 0 Å². The number of rotatable bonds is 4. The fourth-order valence-electron chi connectivity index (χ4n) is 0.895. The number of hydrogen-bond acceptors (Lipinski definition) is 2. The second-order valence-electron chi connectivity index (χ2n) is 2.80. The monoisotopic (exact) mass is 253 g/mol. The Kier molecular flexibility index (Phi) is 4.40. The lowest BCUT2D eigenvalue weighted by atomic mass is 10.3. The maximum atomic E-state index is 10.9. The molecule has 0 atom stereocenters. The molecule has 0 saturated carbocycles. The van der Waals surface area contributed by atoms with E-state index < -0.39 is 0 Å². The summed E-state index contributed by atoms with van der Waals surface area (Å²) in [4.78, 5) is 10.9. The van der Waals surface area contributed by atoms with Crippen molar-refractivity contribution in [3.63, 3.8) is 0 Å². The molecule has 1 aromatic carbocycles. The number of benzene rings is 1. The zero-order chi connectivity index (χ0) is 10.4. The van der Waals surface area contributed by atoms with Crippen molar-refractivity contribution in [2.45, 2.75) is 13.3 Å². The summed E-state index contributed by atoms with van der Waals surface area (Å²) in [5, 5.41) is 3.01. The predicted molar refractivity (Wildman–Crippen MR) is 62.2 cm³/mol. The van der Waals surface area contributed by atoms with Crippen LogP contribution in [0, 0.1) is 0 Å². The lowest BCUT2D eigenvalue weighted by Gasteiger charge is -1.99. The van der Waals surface area contributed by atoms with Gasteiger partial charge in [0.1, 0.15) is 0 Å². The van der Waals surface area contributed by atoms with E-state index in [9.17, 15) is 4.79 Å². The third-order valence-corrected chi connectivity index (χ3v) is 2.24. The summed E-state index contributed by atoms with van der Waals surface area (Å²) in [5.41, 5.74) is 0.966. The average molecular weight is 254 g/mol. The number of nitrogens with one attached hydrogen (secondary N) is 1. The lowest BCUT2D eigenvalue weighted by Crippen LogP contribution is -1.92. The molecule has 0 radical (unpaired) electrons. The van der Waals surface area contributed by atoms with Gasteiger partial charge in [0.15, 0.2) is 5.78 Å². The predicted octanol–water partition coefficient (Wildman–Crippen LogP) is 3.35. The Hall–Kier alpha value is -1.09. The molecule has 14 heavy (non-hydrogen) atoms. The Morgan fingerprint density at radius 1 is 1.43 bits per heavy atom. The largest absolute Gasteiger partial charge is 0.362 e. The van der Waals surface area contributed by atoms with Crippen LogP contribution in [0.2, 0.25) is 0 Å². The van der Waals surface area contributed by atoms with E-state index in [1.54, 1.807) is 12.3 Å². The molecule has 1 aromatic rings. The average Bonchev–Trinajstić information content (AvgIpc) is 2.21. The molecule has 0 aliphatic rings. The number of ketones is 1. The molecule has 0 heterocycles. The van der Waals surface area contributed by atoms with Crippen molar-refractivity contribution in [1.29, 1.82) is 0 Å². The van der Waals surface area contributed by atoms with Crippen LogP contribution in [0.15, 0.2) is 41.0 Å². The van der Waals surface area contributed by atoms with Gasteiger partial charge in [0.2, 0.25) is 0 Å². The van der Waals surface area contributed by atoms with Crippen LogP contribution < -0.4 is 5.32 Å². The fraction of sp³-hybridized carbons (Fsp3) is 0.182. The molecule has 0 spiro atoms. The first-order chi connectivity index (χ1) is 6.72. The molecular weight excluding hydrogens is 242 g/mol. The Labute approximate surface area is 92.1 Å². The van der Waals surface area contributed by atoms with Crippen molar-refractivity contribution in [2.75, 3.05) is 5.32 Å². The summed E-state index contributed by atoms with van der Waals surface area (Å²) in [6, 6.07) is 7.76. The summed E-state index contributed by atoms with van der Waals surface area (Å²) in [6.45, 7) is 1.84. The number of anilines is 1. The van der Waals surface area contributed by atoms with Gasteiger partial charge in [0, 0.05) is 22.8 Å². The van der Waals surface area contributed by atoms with E-state index in [1.807, 2.05) is 31.2 Å². The van der Waals surface area contributed by atoms with Crippen LogP contribution in [-0.2, 0) is 4.79 Å². The van der Waals surface area contributed by atoms with Gasteiger partial charge in [-0.25, -0.2) is 0 Å². The van der Waals surface area contributed by atoms with Crippen molar-refractivity contribution < 1.29 is 4.79 Å². The molecule has 0 aliphatic heterocycles. The first kappa shape index (κ1) is 11.0. The van der Waals surface area contributed by atoms with Crippen molar-refractivity contribution in [1.82, 2.24) is 0 Å². The van der Waals surface area contributed by atoms with Crippen molar-refractivity contribution in [2.24, 2.45) is 0 Å². The first-order valence-corrected chi connectivity index (χ1v) is 5.23. The summed E-state index contributed by atoms with van der Waals surface area (Å²) in [5.74, 6) is 0.120. The summed E-state index contributed by atoms with van der Waals surface area (Å²) in [7, 11) is 0. The normalized spacial score (nSPS) is 10.4. The van der Waals surface area contributed by atoms with Gasteiger partial charge < -0.3 is 5.32 Å². The molecule has 0 bridgehead atoms. The Balaban J connectivity index is 2.49. The topological polar surface area (TPSA) is 29.1 Å². The van der Waals surface area contributed by atoms with Crippen LogP contribution in [-0.4, -0.2) is 5.78 Å². The van der Waals surface area contributed by atoms with Gasteiger partial charge in [0.25, 0.3) is 0 Å². The van der Waals surface area contributed by atoms with E-state index in [4.69, 9.17) is 0 Å². The van der Waals surface area contributed by atoms with Gasteiger partial charge in [0.05, 0.1) is 0 Å². The molecule has 1 rings (SSSR count). The number of carbonyl (C=O) groups is 1. The fourth-order valence-corrected chi connectivity index (χ4v) is 1.16. The van der Waals surface area contributed by atoms with E-state index in [0.717, 1.165) is 10.2 Å². The molecular formula is C11H12BrNO. The second-order valence-corrected chi connectivity index (χ2v) is 3.72. The first-order valence-electron chi connectivity index (χ1n) is 4.44. The molecule has 0 aliphatic carbocycles. The Morgan fingerprint density at radius 2 is 2.07 bits per heavy atom. The van der Waals surface area contributed by atoms with Crippen LogP contribution in [0.25, 0.3) is 0 Å². The van der Waals surface area contributed by atoms with Crippen LogP contribution in [0.1, 0.15) is 13.3 Å². The third-order valence-electron chi connectivity index (χ3n) is 1.71. The van der Waals surface area contributed by atoms with Gasteiger partial charge in [-0.1, -0.05) is 22.9 Å². The maximum Gasteiger partial charge on any atom is 0.156 e. The van der Waals surface area contributed by atoms with Crippen LogP contribution in [0.5, 0.6) is 0 Å². The van der Waals surface area contributed by atoms with Crippen molar-refractivity contribution in [3.05, 3.63) is 41.0 Å². The minimum atomic E-state index is 0.120. The summed E-state index contributed by atoms with van der Waals surface area (Å²) >= 11 is 3.35. The molecule has 3 heteroatoms. The van der Waals surface area contributed by atoms with E-state index in [2.05, 4.69) is 21.2 Å². The third kappa shape index (κ3) is 3.75. The molecule has 1 N–H and O–H groups in total. The van der Waals surface area contributed by atoms with Crippen LogP contribution >= 0.6 is 15.9 Å². The van der Waals surface area contributed by atoms with E-state index in [-0.39, 0.29) is 5.78 Å². The number of allylic oxidation sites excluding steroid dienone is 1. The molecule has 0 aromatic heterocycles. The highest BCUT2D eigenvalue weighted by Gasteiger charge is 1.90. The van der Waals surface area contributed by atoms with Gasteiger partial charge in [-0.2, -0.15) is 0 Å². The van der Waals surface area contributed by atoms with Crippen LogP contribution in [0.4, 0.5) is 5.69 Å². The SMILES string of the molecule is CCC(=O)/C=C\Nc1ccc(Br)cc1. The highest BCUT2D eigenvalue weighted by molar-refractivity contribution is 9.10. The molecule has 0 amide bonds. The van der Waals surface area contributed by atoms with Gasteiger partial charge in [-0.05, 0) is 30.3 Å². The molecule has 0 saturated heterocycles. The van der Waals surface area contributed by atoms with Gasteiger partial charge >= 0.3 is 0 Å². The summed E-state index contributed by atoms with van der Waals surface area (Å²) in [6.07, 6.45) is 3.75. The zero-order valence-corrected chi connectivity index (χ0v) is 9.54.